The molecule has 38 heavy (non-hydrogen) atoms. The molecule has 0 N–H and O–H groups in total. The predicted octanol–water partition coefficient (Wildman–Crippen LogP) is 6.12. The molecule has 9 nitrogen and oxygen atoms in total. The molecule has 0 radical (unpaired) electrons. The number of rotatable bonds is 4. The molecular formula is C28H34BrN5O4. The maximum absolute atomic E-state index is 12.8. The van der Waals surface area contributed by atoms with Crippen molar-refractivity contribution < 1.29 is 19.0 Å². The first-order valence-electron chi connectivity index (χ1n) is 13.5. The fourth-order valence-corrected chi connectivity index (χ4v) is 5.86. The van der Waals surface area contributed by atoms with Gasteiger partial charge in [-0.1, -0.05) is 15.9 Å². The van der Waals surface area contributed by atoms with Gasteiger partial charge in [-0.15, -0.1) is 0 Å². The summed E-state index contributed by atoms with van der Waals surface area (Å²) < 4.78 is 21.1. The standard InChI is InChI=1S/C28H34BrN5O4/c1-27(2,3)38-26(35)33-12-11-28(9-10-28)22(17-33)37-23-16-30-15-20(31-23)25-19-14-18(29)7-8-21(19)34(32-25)24-6-4-5-13-36-24/h7-8,14-16,22,24H,4-6,9-13,17H2,1-3H3/t22?,24-/m1/s1. The SMILES string of the molecule is CC(C)(C)OC(=O)N1CCC2(CC2)C(Oc2cncc(-c3nn([C@H]4CCCCO4)c4ccc(Br)cc34)n2)C1. The van der Waals surface area contributed by atoms with Crippen LogP contribution in [0.15, 0.2) is 35.1 Å². The zero-order valence-corrected chi connectivity index (χ0v) is 23.7. The van der Waals surface area contributed by atoms with Crippen molar-refractivity contribution >= 4 is 32.9 Å². The maximum atomic E-state index is 12.8. The van der Waals surface area contributed by atoms with Crippen molar-refractivity contribution in [2.75, 3.05) is 19.7 Å². The van der Waals surface area contributed by atoms with Gasteiger partial charge in [0.05, 0.1) is 24.5 Å². The Morgan fingerprint density at radius 2 is 2.03 bits per heavy atom. The molecule has 3 aliphatic rings. The van der Waals surface area contributed by atoms with E-state index in [4.69, 9.17) is 24.3 Å². The Balaban J connectivity index is 1.28. The largest absolute Gasteiger partial charge is 0.471 e. The van der Waals surface area contributed by atoms with Crippen LogP contribution in [0.4, 0.5) is 4.79 Å². The molecular weight excluding hydrogens is 550 g/mol. The first-order valence-corrected chi connectivity index (χ1v) is 14.3. The normalized spacial score (nSPS) is 23.0. The van der Waals surface area contributed by atoms with Gasteiger partial charge in [0.25, 0.3) is 0 Å². The molecule has 2 atom stereocenters. The number of nitrogens with zero attached hydrogens (tertiary/aromatic N) is 5. The van der Waals surface area contributed by atoms with E-state index in [1.807, 2.05) is 31.5 Å². The lowest BCUT2D eigenvalue weighted by Crippen LogP contribution is -2.51. The third-order valence-electron chi connectivity index (χ3n) is 7.71. The minimum absolute atomic E-state index is 0.0909. The summed E-state index contributed by atoms with van der Waals surface area (Å²) in [7, 11) is 0. The van der Waals surface area contributed by atoms with Crippen molar-refractivity contribution in [3.63, 3.8) is 0 Å². The third-order valence-corrected chi connectivity index (χ3v) is 8.20. The van der Waals surface area contributed by atoms with Gasteiger partial charge in [0.15, 0.2) is 6.23 Å². The summed E-state index contributed by atoms with van der Waals surface area (Å²) in [5, 5.41) is 5.94. The summed E-state index contributed by atoms with van der Waals surface area (Å²) in [4.78, 5) is 23.8. The summed E-state index contributed by atoms with van der Waals surface area (Å²) >= 11 is 3.61. The van der Waals surface area contributed by atoms with Crippen LogP contribution in [0.1, 0.15) is 65.5 Å². The van der Waals surface area contributed by atoms with Crippen LogP contribution in [-0.4, -0.2) is 62.1 Å². The molecule has 1 unspecified atom stereocenters. The molecule has 3 fully saturated rings. The van der Waals surface area contributed by atoms with Gasteiger partial charge in [0.2, 0.25) is 5.88 Å². The number of amides is 1. The lowest BCUT2D eigenvalue weighted by atomic mass is 9.90. The Morgan fingerprint density at radius 3 is 2.76 bits per heavy atom. The summed E-state index contributed by atoms with van der Waals surface area (Å²) in [5.74, 6) is 0.441. The first kappa shape index (κ1) is 25.6. The lowest BCUT2D eigenvalue weighted by molar-refractivity contribution is -0.0365. The van der Waals surface area contributed by atoms with E-state index in [1.165, 1.54) is 0 Å². The van der Waals surface area contributed by atoms with E-state index in [0.717, 1.165) is 66.2 Å². The fraction of sp³-hybridized carbons (Fsp3) is 0.571. The second kappa shape index (κ2) is 9.79. The maximum Gasteiger partial charge on any atom is 0.410 e. The van der Waals surface area contributed by atoms with Crippen molar-refractivity contribution in [1.82, 2.24) is 24.6 Å². The van der Waals surface area contributed by atoms with Crippen LogP contribution < -0.4 is 4.74 Å². The van der Waals surface area contributed by atoms with Crippen molar-refractivity contribution in [3.05, 3.63) is 35.1 Å². The number of piperidine rings is 1. The Labute approximate surface area is 231 Å². The van der Waals surface area contributed by atoms with E-state index in [-0.39, 0.29) is 23.8 Å². The molecule has 1 aliphatic carbocycles. The quantitative estimate of drug-likeness (QED) is 0.365. The molecule has 6 rings (SSSR count). The van der Waals surface area contributed by atoms with Crippen LogP contribution in [0.3, 0.4) is 0 Å². The van der Waals surface area contributed by atoms with Gasteiger partial charge >= 0.3 is 6.09 Å². The Bertz CT molecular complexity index is 1340. The number of hydrogen-bond acceptors (Lipinski definition) is 7. The van der Waals surface area contributed by atoms with E-state index >= 15 is 0 Å². The van der Waals surface area contributed by atoms with Crippen molar-refractivity contribution in [2.24, 2.45) is 5.41 Å². The Morgan fingerprint density at radius 1 is 1.18 bits per heavy atom. The molecule has 1 aromatic carbocycles. The van der Waals surface area contributed by atoms with Crippen molar-refractivity contribution in [1.29, 1.82) is 0 Å². The third kappa shape index (κ3) is 5.12. The number of aromatic nitrogens is 4. The Kier molecular flexibility index (Phi) is 6.58. The van der Waals surface area contributed by atoms with Crippen molar-refractivity contribution in [3.8, 4) is 17.3 Å². The Hall–Kier alpha value is -2.72. The molecule has 0 bridgehead atoms. The van der Waals surface area contributed by atoms with E-state index in [1.54, 1.807) is 17.3 Å². The molecule has 1 spiro atoms. The monoisotopic (exact) mass is 583 g/mol. The number of likely N-dealkylation sites (tertiary alicyclic amines) is 1. The molecule has 1 saturated carbocycles. The van der Waals surface area contributed by atoms with Crippen LogP contribution in [-0.2, 0) is 9.47 Å². The second-order valence-electron chi connectivity index (χ2n) is 11.7. The van der Waals surface area contributed by atoms with E-state index in [9.17, 15) is 4.79 Å². The van der Waals surface area contributed by atoms with Gasteiger partial charge in [0.1, 0.15) is 23.1 Å². The highest BCUT2D eigenvalue weighted by molar-refractivity contribution is 9.10. The van der Waals surface area contributed by atoms with Gasteiger partial charge in [-0.25, -0.2) is 14.5 Å². The molecule has 2 aromatic heterocycles. The van der Waals surface area contributed by atoms with Crippen LogP contribution in [0.2, 0.25) is 0 Å². The highest BCUT2D eigenvalue weighted by Gasteiger charge is 2.54. The van der Waals surface area contributed by atoms with E-state index in [0.29, 0.717) is 24.7 Å². The minimum Gasteiger partial charge on any atom is -0.471 e. The first-order chi connectivity index (χ1) is 18.2. The number of ether oxygens (including phenoxy) is 3. The van der Waals surface area contributed by atoms with Gasteiger partial charge in [-0.2, -0.15) is 5.10 Å². The number of hydrogen-bond donors (Lipinski definition) is 0. The number of carbonyl (C=O) groups excluding carboxylic acids is 1. The van der Waals surface area contributed by atoms with Crippen LogP contribution in [0.5, 0.6) is 5.88 Å². The van der Waals surface area contributed by atoms with Crippen LogP contribution in [0.25, 0.3) is 22.3 Å². The zero-order chi connectivity index (χ0) is 26.5. The molecule has 4 heterocycles. The van der Waals surface area contributed by atoms with Gasteiger partial charge < -0.3 is 19.1 Å². The summed E-state index contributed by atoms with van der Waals surface area (Å²) in [5.41, 5.74) is 1.94. The molecule has 2 saturated heterocycles. The average Bonchev–Trinajstić information content (AvgIpc) is 3.56. The van der Waals surface area contributed by atoms with E-state index in [2.05, 4.69) is 33.0 Å². The molecule has 3 aromatic rings. The molecule has 202 valence electrons. The summed E-state index contributed by atoms with van der Waals surface area (Å²) in [6.07, 6.45) is 9.03. The summed E-state index contributed by atoms with van der Waals surface area (Å²) in [6.45, 7) is 7.56. The van der Waals surface area contributed by atoms with Gasteiger partial charge in [-0.3, -0.25) is 4.98 Å². The van der Waals surface area contributed by atoms with E-state index < -0.39 is 5.60 Å². The second-order valence-corrected chi connectivity index (χ2v) is 12.6. The lowest BCUT2D eigenvalue weighted by Gasteiger charge is -2.39. The topological polar surface area (TPSA) is 91.6 Å². The highest BCUT2D eigenvalue weighted by Crippen LogP contribution is 2.54. The highest BCUT2D eigenvalue weighted by atomic mass is 79.9. The smallest absolute Gasteiger partial charge is 0.410 e. The number of halogens is 1. The predicted molar refractivity (Wildman–Crippen MR) is 146 cm³/mol. The van der Waals surface area contributed by atoms with Crippen LogP contribution in [0, 0.1) is 5.41 Å². The minimum atomic E-state index is -0.536. The fourth-order valence-electron chi connectivity index (χ4n) is 5.49. The zero-order valence-electron chi connectivity index (χ0n) is 22.2. The van der Waals surface area contributed by atoms with Crippen molar-refractivity contribution in [2.45, 2.75) is 77.2 Å². The molecule has 1 amide bonds. The van der Waals surface area contributed by atoms with Gasteiger partial charge in [-0.05, 0) is 77.5 Å². The number of fused-ring (bicyclic) bond motifs is 1. The summed E-state index contributed by atoms with van der Waals surface area (Å²) in [6, 6.07) is 6.14. The molecule has 2 aliphatic heterocycles. The molecule has 10 heteroatoms. The average molecular weight is 585 g/mol. The number of carbonyl (C=O) groups is 1. The van der Waals surface area contributed by atoms with Gasteiger partial charge in [0, 0.05) is 28.4 Å². The van der Waals surface area contributed by atoms with Crippen LogP contribution >= 0.6 is 15.9 Å². The number of benzene rings is 1.